The van der Waals surface area contributed by atoms with E-state index in [-0.39, 0.29) is 13.0 Å². The number of amides is 1. The van der Waals surface area contributed by atoms with E-state index in [4.69, 9.17) is 9.47 Å². The van der Waals surface area contributed by atoms with Crippen molar-refractivity contribution >= 4 is 12.3 Å². The fraction of sp³-hybridized carbons (Fsp3) is 0.600. The lowest BCUT2D eigenvalue weighted by atomic mass is 10.2. The first-order valence-corrected chi connectivity index (χ1v) is 8.02. The van der Waals surface area contributed by atoms with Gasteiger partial charge in [0.1, 0.15) is 18.4 Å². The van der Waals surface area contributed by atoms with Crippen molar-refractivity contribution in [1.82, 2.24) is 15.0 Å². The van der Waals surface area contributed by atoms with Crippen molar-refractivity contribution in [1.29, 1.82) is 0 Å². The van der Waals surface area contributed by atoms with Crippen molar-refractivity contribution in [2.24, 2.45) is 5.10 Å². The van der Waals surface area contributed by atoms with Crippen molar-refractivity contribution in [2.45, 2.75) is 51.5 Å². The summed E-state index contributed by atoms with van der Waals surface area (Å²) in [6, 6.07) is 0. The molecular formula is C15H22N4O6. The summed E-state index contributed by atoms with van der Waals surface area (Å²) >= 11 is 0. The molecule has 0 aliphatic carbocycles. The molecule has 0 bridgehead atoms. The van der Waals surface area contributed by atoms with Gasteiger partial charge in [0, 0.05) is 24.4 Å². The fourth-order valence-electron chi connectivity index (χ4n) is 2.42. The van der Waals surface area contributed by atoms with Crippen molar-refractivity contribution in [3.63, 3.8) is 0 Å². The number of hydrogen-bond acceptors (Lipinski definition) is 7. The molecule has 0 unspecified atom stereocenters. The van der Waals surface area contributed by atoms with Crippen molar-refractivity contribution in [3.05, 3.63) is 32.6 Å². The molecule has 3 N–H and O–H groups in total. The third-order valence-corrected chi connectivity index (χ3v) is 3.74. The lowest BCUT2D eigenvalue weighted by molar-refractivity contribution is -0.0484. The molecule has 1 aromatic heterocycles. The van der Waals surface area contributed by atoms with Crippen molar-refractivity contribution < 1.29 is 19.4 Å². The lowest BCUT2D eigenvalue weighted by Gasteiger charge is -2.15. The number of carbonyl (C=O) groups excluding carboxylic acids is 1. The zero-order valence-electron chi connectivity index (χ0n) is 14.1. The van der Waals surface area contributed by atoms with Crippen LogP contribution < -0.4 is 16.7 Å². The van der Waals surface area contributed by atoms with Crippen LogP contribution in [0.5, 0.6) is 0 Å². The minimum atomic E-state index is -0.783. The zero-order chi connectivity index (χ0) is 18.4. The van der Waals surface area contributed by atoms with Crippen LogP contribution in [0.4, 0.5) is 4.79 Å². The van der Waals surface area contributed by atoms with Crippen LogP contribution in [0.25, 0.3) is 0 Å². The highest BCUT2D eigenvalue weighted by Gasteiger charge is 2.39. The van der Waals surface area contributed by atoms with E-state index in [1.54, 1.807) is 13.1 Å². The molecule has 1 aliphatic rings. The van der Waals surface area contributed by atoms with Crippen LogP contribution in [-0.4, -0.2) is 45.8 Å². The van der Waals surface area contributed by atoms with Gasteiger partial charge in [-0.05, 0) is 13.3 Å². The second kappa shape index (κ2) is 8.58. The number of ether oxygens (including phenoxy) is 2. The number of hydrogen-bond donors (Lipinski definition) is 3. The van der Waals surface area contributed by atoms with Gasteiger partial charge in [-0.1, -0.05) is 13.3 Å². The molecule has 10 heteroatoms. The van der Waals surface area contributed by atoms with Gasteiger partial charge in [0.2, 0.25) is 0 Å². The third kappa shape index (κ3) is 4.77. The minimum absolute atomic E-state index is 0.155. The third-order valence-electron chi connectivity index (χ3n) is 3.74. The highest BCUT2D eigenvalue weighted by atomic mass is 16.6. The van der Waals surface area contributed by atoms with E-state index in [0.717, 1.165) is 12.8 Å². The maximum absolute atomic E-state index is 11.9. The maximum atomic E-state index is 11.9. The van der Waals surface area contributed by atoms with E-state index in [9.17, 15) is 19.5 Å². The summed E-state index contributed by atoms with van der Waals surface area (Å²) in [6.45, 7) is 3.15. The second-order valence-electron chi connectivity index (χ2n) is 5.68. The summed E-state index contributed by atoms with van der Waals surface area (Å²) in [7, 11) is 0. The van der Waals surface area contributed by atoms with Gasteiger partial charge < -0.3 is 14.6 Å². The number of nitrogens with zero attached hydrogens (tertiary/aromatic N) is 2. The Labute approximate surface area is 143 Å². The first-order valence-electron chi connectivity index (χ1n) is 8.02. The van der Waals surface area contributed by atoms with Gasteiger partial charge in [0.05, 0.1) is 6.61 Å². The van der Waals surface area contributed by atoms with Crippen LogP contribution in [0.3, 0.4) is 0 Å². The van der Waals surface area contributed by atoms with Crippen molar-refractivity contribution in [3.8, 4) is 0 Å². The van der Waals surface area contributed by atoms with Gasteiger partial charge in [-0.2, -0.15) is 5.10 Å². The largest absolute Gasteiger partial charge is 0.442 e. The lowest BCUT2D eigenvalue weighted by Crippen LogP contribution is -2.33. The Hall–Kier alpha value is -2.46. The monoisotopic (exact) mass is 354 g/mol. The molecule has 3 atom stereocenters. The molecule has 1 saturated heterocycles. The van der Waals surface area contributed by atoms with Crippen LogP contribution >= 0.6 is 0 Å². The van der Waals surface area contributed by atoms with Gasteiger partial charge in [-0.3, -0.25) is 14.3 Å². The number of aromatic nitrogens is 2. The zero-order valence-corrected chi connectivity index (χ0v) is 14.1. The van der Waals surface area contributed by atoms with Gasteiger partial charge in [-0.15, -0.1) is 0 Å². The Bertz CT molecular complexity index is 740. The fourth-order valence-corrected chi connectivity index (χ4v) is 2.42. The first kappa shape index (κ1) is 18.9. The van der Waals surface area contributed by atoms with E-state index in [1.165, 1.54) is 10.8 Å². The number of nitrogens with one attached hydrogen (secondary N) is 2. The summed E-state index contributed by atoms with van der Waals surface area (Å²) in [5.74, 6) is 0. The normalized spacial score (nSPS) is 23.1. The molecule has 1 fully saturated rings. The van der Waals surface area contributed by atoms with Crippen LogP contribution in [0, 0.1) is 6.92 Å². The summed E-state index contributed by atoms with van der Waals surface area (Å²) in [5, 5.41) is 13.1. The number of aromatic amines is 1. The molecule has 138 valence electrons. The van der Waals surface area contributed by atoms with Crippen LogP contribution in [0.15, 0.2) is 20.9 Å². The molecular weight excluding hydrogens is 332 g/mol. The van der Waals surface area contributed by atoms with E-state index in [2.05, 4.69) is 15.5 Å². The van der Waals surface area contributed by atoms with E-state index in [1.807, 2.05) is 6.92 Å². The summed E-state index contributed by atoms with van der Waals surface area (Å²) in [5.41, 5.74) is 1.46. The summed E-state index contributed by atoms with van der Waals surface area (Å²) in [4.78, 5) is 37.3. The standard InChI is InChI=1S/C15H22N4O6/c1-3-4-5-16-18-15(23)25-10-6-12(24-11(10)8-20)19-7-9(2)13(21)17-14(19)22/h5,7,10-12,20H,3-4,6,8H2,1-2H3,(H,18,23)(H,17,21,22)/b16-5+/t10-,11+,12+/m0/s1. The average Bonchev–Trinajstić information content (AvgIpc) is 2.97. The maximum Gasteiger partial charge on any atom is 0.428 e. The van der Waals surface area contributed by atoms with E-state index >= 15 is 0 Å². The molecule has 10 nitrogen and oxygen atoms in total. The Balaban J connectivity index is 2.05. The number of rotatable bonds is 6. The average molecular weight is 354 g/mol. The summed E-state index contributed by atoms with van der Waals surface area (Å²) < 4.78 is 12.0. The van der Waals surface area contributed by atoms with E-state index in [0.29, 0.717) is 5.56 Å². The smallest absolute Gasteiger partial charge is 0.428 e. The number of unbranched alkanes of at least 4 members (excludes halogenated alkanes) is 1. The Morgan fingerprint density at radius 2 is 2.36 bits per heavy atom. The SMILES string of the molecule is CCC/C=N/NC(=O)O[C@H]1C[C@H](n2cc(C)c(=O)[nH]c2=O)O[C@@H]1CO. The number of aryl methyl sites for hydroxylation is 1. The second-order valence-corrected chi connectivity index (χ2v) is 5.68. The van der Waals surface area contributed by atoms with Gasteiger partial charge >= 0.3 is 11.8 Å². The molecule has 2 rings (SSSR count). The number of hydrazone groups is 1. The predicted molar refractivity (Wildman–Crippen MR) is 88.5 cm³/mol. The molecule has 0 saturated carbocycles. The molecule has 1 amide bonds. The highest BCUT2D eigenvalue weighted by molar-refractivity contribution is 5.69. The van der Waals surface area contributed by atoms with Crippen molar-refractivity contribution in [2.75, 3.05) is 6.61 Å². The Morgan fingerprint density at radius 3 is 3.04 bits per heavy atom. The Morgan fingerprint density at radius 1 is 1.60 bits per heavy atom. The van der Waals surface area contributed by atoms with Gasteiger partial charge in [-0.25, -0.2) is 15.0 Å². The quantitative estimate of drug-likeness (QED) is 0.486. The molecule has 0 spiro atoms. The van der Waals surface area contributed by atoms with Gasteiger partial charge in [0.25, 0.3) is 5.56 Å². The highest BCUT2D eigenvalue weighted by Crippen LogP contribution is 2.29. The molecule has 0 aromatic carbocycles. The van der Waals surface area contributed by atoms with Crippen LogP contribution in [-0.2, 0) is 9.47 Å². The summed E-state index contributed by atoms with van der Waals surface area (Å²) in [6.07, 6.45) is 1.64. The van der Waals surface area contributed by atoms with E-state index < -0.39 is 35.8 Å². The number of aliphatic hydroxyl groups excluding tert-OH is 1. The van der Waals surface area contributed by atoms with Crippen LogP contribution in [0.2, 0.25) is 0 Å². The molecule has 2 heterocycles. The Kier molecular flexibility index (Phi) is 6.48. The molecule has 0 radical (unpaired) electrons. The predicted octanol–water partition coefficient (Wildman–Crippen LogP) is 0.00552. The number of aliphatic hydroxyl groups is 1. The number of carbonyl (C=O) groups is 1. The minimum Gasteiger partial charge on any atom is -0.442 e. The molecule has 1 aliphatic heterocycles. The molecule has 25 heavy (non-hydrogen) atoms. The van der Waals surface area contributed by atoms with Crippen LogP contribution in [0.1, 0.15) is 38.0 Å². The topological polar surface area (TPSA) is 135 Å². The van der Waals surface area contributed by atoms with Gasteiger partial charge in [0.15, 0.2) is 0 Å². The number of H-pyrrole nitrogens is 1. The first-order chi connectivity index (χ1) is 12.0. The molecule has 1 aromatic rings.